The molecule has 0 saturated heterocycles. The number of fused-ring (bicyclic) bond motifs is 1. The van der Waals surface area contributed by atoms with E-state index in [4.69, 9.17) is 16.0 Å². The number of amides is 2. The Labute approximate surface area is 199 Å². The monoisotopic (exact) mass is 479 g/mol. The molecule has 0 fully saturated rings. The van der Waals surface area contributed by atoms with E-state index in [1.54, 1.807) is 42.6 Å². The summed E-state index contributed by atoms with van der Waals surface area (Å²) < 4.78 is 6.95. The Balaban J connectivity index is 1.38. The van der Waals surface area contributed by atoms with Gasteiger partial charge in [-0.1, -0.05) is 36.7 Å². The van der Waals surface area contributed by atoms with Gasteiger partial charge in [0.2, 0.25) is 5.91 Å². The molecular formula is C24H22ClN5O4. The van der Waals surface area contributed by atoms with Crippen molar-refractivity contribution < 1.29 is 14.0 Å². The summed E-state index contributed by atoms with van der Waals surface area (Å²) in [6.45, 7) is 2.29. The number of carbonyl (C=O) groups is 2. The van der Waals surface area contributed by atoms with Gasteiger partial charge in [0.05, 0.1) is 11.6 Å². The molecule has 0 aliphatic rings. The molecule has 0 aliphatic heterocycles. The number of carbonyl (C=O) groups excluding carboxylic acids is 2. The van der Waals surface area contributed by atoms with Crippen LogP contribution in [0.25, 0.3) is 22.1 Å². The summed E-state index contributed by atoms with van der Waals surface area (Å²) >= 11 is 5.90. The van der Waals surface area contributed by atoms with Crippen molar-refractivity contribution in [2.45, 2.75) is 32.7 Å². The second kappa shape index (κ2) is 10.3. The molecular weight excluding hydrogens is 458 g/mol. The van der Waals surface area contributed by atoms with E-state index in [0.29, 0.717) is 40.4 Å². The maximum atomic E-state index is 12.7. The number of nitrogens with one attached hydrogen (secondary N) is 2. The number of benzene rings is 2. The quantitative estimate of drug-likeness (QED) is 0.391. The number of hydrogen-bond acceptors (Lipinski definition) is 6. The van der Waals surface area contributed by atoms with Crippen molar-refractivity contribution in [3.8, 4) is 11.3 Å². The lowest BCUT2D eigenvalue weighted by Gasteiger charge is -2.11. The smallest absolute Gasteiger partial charge is 0.290 e. The molecule has 0 bridgehead atoms. The molecule has 0 aliphatic carbocycles. The van der Waals surface area contributed by atoms with Crippen LogP contribution >= 0.6 is 11.6 Å². The molecule has 0 radical (unpaired) electrons. The van der Waals surface area contributed by atoms with Crippen molar-refractivity contribution in [3.63, 3.8) is 0 Å². The van der Waals surface area contributed by atoms with E-state index in [0.717, 1.165) is 5.56 Å². The van der Waals surface area contributed by atoms with Crippen LogP contribution in [-0.2, 0) is 17.8 Å². The second-order valence-corrected chi connectivity index (χ2v) is 7.99. The molecule has 0 saturated carbocycles. The first-order valence-electron chi connectivity index (χ1n) is 10.8. The van der Waals surface area contributed by atoms with Crippen LogP contribution < -0.4 is 16.4 Å². The molecule has 2 heterocycles. The first kappa shape index (κ1) is 23.2. The Morgan fingerprint density at radius 1 is 1.06 bits per heavy atom. The molecule has 2 aromatic heterocycles. The first-order chi connectivity index (χ1) is 16.5. The minimum absolute atomic E-state index is 0.0460. The molecule has 0 unspecified atom stereocenters. The number of rotatable bonds is 7. The lowest BCUT2D eigenvalue weighted by molar-refractivity contribution is -0.121. The summed E-state index contributed by atoms with van der Waals surface area (Å²) in [7, 11) is 0. The molecule has 2 aromatic carbocycles. The zero-order valence-corrected chi connectivity index (χ0v) is 19.1. The maximum Gasteiger partial charge on any atom is 0.290 e. The van der Waals surface area contributed by atoms with Gasteiger partial charge >= 0.3 is 0 Å². The van der Waals surface area contributed by atoms with Crippen LogP contribution in [0.5, 0.6) is 0 Å². The largest absolute Gasteiger partial charge is 0.441 e. The summed E-state index contributed by atoms with van der Waals surface area (Å²) in [6, 6.07) is 13.9. The molecule has 0 spiro atoms. The Kier molecular flexibility index (Phi) is 7.03. The number of hydrogen-bond donors (Lipinski definition) is 2. The lowest BCUT2D eigenvalue weighted by Crippen LogP contribution is -2.43. The van der Waals surface area contributed by atoms with Crippen molar-refractivity contribution in [1.29, 1.82) is 0 Å². The molecule has 0 atom stereocenters. The SMILES string of the molecule is CCCn1nc(C(=O)NNC(=O)CCc2ncc(-c3ccc(Cl)cc3)o2)c2ccccc2c1=O. The third-order valence-corrected chi connectivity index (χ3v) is 5.33. The van der Waals surface area contributed by atoms with E-state index in [1.807, 2.05) is 19.1 Å². The van der Waals surface area contributed by atoms with Crippen LogP contribution in [0.2, 0.25) is 5.02 Å². The molecule has 2 N–H and O–H groups in total. The predicted molar refractivity (Wildman–Crippen MR) is 127 cm³/mol. The van der Waals surface area contributed by atoms with Crippen LogP contribution in [-0.4, -0.2) is 26.6 Å². The highest BCUT2D eigenvalue weighted by atomic mass is 35.5. The predicted octanol–water partition coefficient (Wildman–Crippen LogP) is 3.51. The fourth-order valence-corrected chi connectivity index (χ4v) is 3.53. The van der Waals surface area contributed by atoms with Gasteiger partial charge < -0.3 is 4.42 Å². The average molecular weight is 480 g/mol. The molecule has 174 valence electrons. The van der Waals surface area contributed by atoms with Crippen molar-refractivity contribution >= 4 is 34.2 Å². The van der Waals surface area contributed by atoms with Crippen LogP contribution in [0.15, 0.2) is 63.9 Å². The topological polar surface area (TPSA) is 119 Å². The highest BCUT2D eigenvalue weighted by Gasteiger charge is 2.17. The van der Waals surface area contributed by atoms with Crippen LogP contribution in [0.3, 0.4) is 0 Å². The summed E-state index contributed by atoms with van der Waals surface area (Å²) in [5, 5.41) is 5.64. The molecule has 34 heavy (non-hydrogen) atoms. The second-order valence-electron chi connectivity index (χ2n) is 7.55. The van der Waals surface area contributed by atoms with E-state index in [9.17, 15) is 14.4 Å². The number of oxazole rings is 1. The van der Waals surface area contributed by atoms with Crippen molar-refractivity contribution in [3.05, 3.63) is 81.7 Å². The zero-order valence-electron chi connectivity index (χ0n) is 18.4. The summed E-state index contributed by atoms with van der Waals surface area (Å²) in [5.41, 5.74) is 5.37. The summed E-state index contributed by atoms with van der Waals surface area (Å²) in [6.07, 6.45) is 2.56. The first-order valence-corrected chi connectivity index (χ1v) is 11.1. The fraction of sp³-hybridized carbons (Fsp3) is 0.208. The molecule has 9 nitrogen and oxygen atoms in total. The fourth-order valence-electron chi connectivity index (χ4n) is 3.41. The maximum absolute atomic E-state index is 12.7. The standard InChI is InChI=1S/C24H22ClN5O4/c1-2-13-30-24(33)18-6-4-3-5-17(18)22(29-30)23(32)28-27-20(31)11-12-21-26-14-19(34-21)15-7-9-16(25)10-8-15/h3-10,14H,2,11-13H2,1H3,(H,27,31)(H,28,32). The van der Waals surface area contributed by atoms with Crippen molar-refractivity contribution in [2.24, 2.45) is 0 Å². The minimum atomic E-state index is -0.615. The third kappa shape index (κ3) is 5.15. The number of aromatic nitrogens is 3. The number of hydrazine groups is 1. The van der Waals surface area contributed by atoms with Gasteiger partial charge in [0, 0.05) is 35.4 Å². The highest BCUT2D eigenvalue weighted by molar-refractivity contribution is 6.30. The number of halogens is 1. The Bertz CT molecular complexity index is 1390. The third-order valence-electron chi connectivity index (χ3n) is 5.08. The van der Waals surface area contributed by atoms with E-state index >= 15 is 0 Å². The number of aryl methyl sites for hydroxylation is 2. The Morgan fingerprint density at radius 2 is 1.79 bits per heavy atom. The minimum Gasteiger partial charge on any atom is -0.441 e. The molecule has 2 amide bonds. The van der Waals surface area contributed by atoms with Gasteiger partial charge in [0.1, 0.15) is 0 Å². The lowest BCUT2D eigenvalue weighted by atomic mass is 10.1. The normalized spacial score (nSPS) is 10.9. The highest BCUT2D eigenvalue weighted by Crippen LogP contribution is 2.22. The Morgan fingerprint density at radius 3 is 2.53 bits per heavy atom. The van der Waals surface area contributed by atoms with E-state index in [-0.39, 0.29) is 24.1 Å². The van der Waals surface area contributed by atoms with E-state index < -0.39 is 11.8 Å². The van der Waals surface area contributed by atoms with Gasteiger partial charge in [-0.25, -0.2) is 9.67 Å². The summed E-state index contributed by atoms with van der Waals surface area (Å²) in [4.78, 5) is 41.8. The van der Waals surface area contributed by atoms with Gasteiger partial charge in [-0.2, -0.15) is 5.10 Å². The van der Waals surface area contributed by atoms with E-state index in [1.165, 1.54) is 4.68 Å². The van der Waals surface area contributed by atoms with E-state index in [2.05, 4.69) is 20.9 Å². The van der Waals surface area contributed by atoms with Gasteiger partial charge in [-0.15, -0.1) is 0 Å². The molecule has 4 aromatic rings. The Hall–Kier alpha value is -3.98. The van der Waals surface area contributed by atoms with Crippen LogP contribution in [0.4, 0.5) is 0 Å². The van der Waals surface area contributed by atoms with Crippen molar-refractivity contribution in [1.82, 2.24) is 25.6 Å². The summed E-state index contributed by atoms with van der Waals surface area (Å²) in [5.74, 6) is -0.0763. The van der Waals surface area contributed by atoms with Gasteiger partial charge in [0.15, 0.2) is 17.3 Å². The van der Waals surface area contributed by atoms with Gasteiger partial charge in [-0.3, -0.25) is 25.2 Å². The molecule has 4 rings (SSSR count). The average Bonchev–Trinajstić information content (AvgIpc) is 3.32. The van der Waals surface area contributed by atoms with Gasteiger partial charge in [0.25, 0.3) is 11.5 Å². The van der Waals surface area contributed by atoms with Crippen molar-refractivity contribution in [2.75, 3.05) is 0 Å². The van der Waals surface area contributed by atoms with Gasteiger partial charge in [-0.05, 0) is 36.8 Å². The van der Waals surface area contributed by atoms with Crippen LogP contribution in [0.1, 0.15) is 36.1 Å². The number of nitrogens with zero attached hydrogens (tertiary/aromatic N) is 3. The zero-order chi connectivity index (χ0) is 24.1. The van der Waals surface area contributed by atoms with Crippen LogP contribution in [0, 0.1) is 0 Å². The molecule has 10 heteroatoms.